The number of halogens is 1. The minimum atomic E-state index is -3.51. The molecule has 26 heavy (non-hydrogen) atoms. The lowest BCUT2D eigenvalue weighted by atomic mass is 10.1. The van der Waals surface area contributed by atoms with Gasteiger partial charge in [0, 0.05) is 38.9 Å². The molecule has 0 amide bonds. The van der Waals surface area contributed by atoms with Crippen LogP contribution in [0.1, 0.15) is 5.56 Å². The number of hydrogen-bond acceptors (Lipinski definition) is 5. The lowest BCUT2D eigenvalue weighted by molar-refractivity contribution is 0.190. The second-order valence-corrected chi connectivity index (χ2v) is 8.49. The summed E-state index contributed by atoms with van der Waals surface area (Å²) in [7, 11) is -1.85. The molecule has 0 bridgehead atoms. The quantitative estimate of drug-likeness (QED) is 0.702. The normalized spacial score (nSPS) is 16.5. The number of methoxy groups -OCH3 is 1. The maximum Gasteiger partial charge on any atom is 0.244 e. The summed E-state index contributed by atoms with van der Waals surface area (Å²) in [6.45, 7) is 3.27. The average molecular weight is 396 g/mol. The van der Waals surface area contributed by atoms with Crippen molar-refractivity contribution in [2.75, 3.05) is 39.8 Å². The van der Waals surface area contributed by atoms with Crippen molar-refractivity contribution < 1.29 is 13.2 Å². The Labute approximate surface area is 159 Å². The second kappa shape index (κ2) is 8.35. The molecule has 0 unspecified atom stereocenters. The van der Waals surface area contributed by atoms with Crippen LogP contribution >= 0.6 is 11.6 Å². The summed E-state index contributed by atoms with van der Waals surface area (Å²) in [5.41, 5.74) is 1.21. The monoisotopic (exact) mass is 395 g/mol. The third-order valence-electron chi connectivity index (χ3n) is 4.52. The summed E-state index contributed by atoms with van der Waals surface area (Å²) in [5.74, 6) is 0.856. The van der Waals surface area contributed by atoms with Gasteiger partial charge in [0.05, 0.1) is 7.11 Å². The highest BCUT2D eigenvalue weighted by Crippen LogP contribution is 2.19. The van der Waals surface area contributed by atoms with Gasteiger partial charge in [-0.3, -0.25) is 0 Å². The largest absolute Gasteiger partial charge is 0.497 e. The fraction of sp³-hybridized carbons (Fsp3) is 0.389. The van der Waals surface area contributed by atoms with Gasteiger partial charge in [0.2, 0.25) is 10.0 Å². The molecule has 0 spiro atoms. The number of sulfonamides is 1. The summed E-state index contributed by atoms with van der Waals surface area (Å²) in [6, 6.07) is 11.0. The molecule has 1 fully saturated rings. The van der Waals surface area contributed by atoms with Gasteiger partial charge >= 0.3 is 0 Å². The van der Waals surface area contributed by atoms with E-state index in [1.54, 1.807) is 7.11 Å². The zero-order chi connectivity index (χ0) is 18.6. The highest BCUT2D eigenvalue weighted by atomic mass is 35.5. The van der Waals surface area contributed by atoms with Gasteiger partial charge in [-0.2, -0.15) is 4.31 Å². The average Bonchev–Trinajstić information content (AvgIpc) is 2.67. The molecule has 0 radical (unpaired) electrons. The van der Waals surface area contributed by atoms with Crippen molar-refractivity contribution in [1.82, 2.24) is 14.2 Å². The van der Waals surface area contributed by atoms with Crippen molar-refractivity contribution in [3.8, 4) is 5.75 Å². The molecule has 0 N–H and O–H groups in total. The van der Waals surface area contributed by atoms with Crippen LogP contribution in [0.15, 0.2) is 47.5 Å². The van der Waals surface area contributed by atoms with Gasteiger partial charge < -0.3 is 9.64 Å². The van der Waals surface area contributed by atoms with Gasteiger partial charge in [-0.05, 0) is 36.2 Å². The number of piperazine rings is 1. The number of benzene rings is 1. The van der Waals surface area contributed by atoms with Gasteiger partial charge in [-0.1, -0.05) is 23.7 Å². The van der Waals surface area contributed by atoms with E-state index in [4.69, 9.17) is 16.3 Å². The van der Waals surface area contributed by atoms with Crippen LogP contribution in [0.25, 0.3) is 0 Å². The Hall–Kier alpha value is -1.67. The zero-order valence-electron chi connectivity index (χ0n) is 14.6. The fourth-order valence-electron chi connectivity index (χ4n) is 2.97. The van der Waals surface area contributed by atoms with Crippen LogP contribution in [-0.2, 0) is 16.4 Å². The Balaban J connectivity index is 1.54. The van der Waals surface area contributed by atoms with E-state index >= 15 is 0 Å². The van der Waals surface area contributed by atoms with Crippen LogP contribution < -0.4 is 4.74 Å². The Morgan fingerprint density at radius 3 is 2.58 bits per heavy atom. The van der Waals surface area contributed by atoms with E-state index in [2.05, 4.69) is 16.0 Å². The molecule has 1 aliphatic heterocycles. The van der Waals surface area contributed by atoms with Crippen LogP contribution in [-0.4, -0.2) is 62.4 Å². The molecule has 0 atom stereocenters. The highest BCUT2D eigenvalue weighted by Gasteiger charge is 2.28. The van der Waals surface area contributed by atoms with E-state index in [0.717, 1.165) is 18.7 Å². The molecule has 6 nitrogen and oxygen atoms in total. The molecule has 1 aliphatic rings. The summed E-state index contributed by atoms with van der Waals surface area (Å²) in [6.07, 6.45) is 2.22. The van der Waals surface area contributed by atoms with Crippen molar-refractivity contribution >= 4 is 21.6 Å². The van der Waals surface area contributed by atoms with Gasteiger partial charge in [-0.15, -0.1) is 0 Å². The summed E-state index contributed by atoms with van der Waals surface area (Å²) >= 11 is 5.74. The highest BCUT2D eigenvalue weighted by molar-refractivity contribution is 7.89. The van der Waals surface area contributed by atoms with Crippen LogP contribution in [0.5, 0.6) is 5.75 Å². The Morgan fingerprint density at radius 2 is 1.92 bits per heavy atom. The lowest BCUT2D eigenvalue weighted by Gasteiger charge is -2.33. The van der Waals surface area contributed by atoms with Crippen molar-refractivity contribution in [2.24, 2.45) is 0 Å². The summed E-state index contributed by atoms with van der Waals surface area (Å²) < 4.78 is 32.1. The van der Waals surface area contributed by atoms with Gasteiger partial charge in [-0.25, -0.2) is 13.4 Å². The molecule has 8 heteroatoms. The number of pyridine rings is 1. The molecule has 0 saturated carbocycles. The van der Waals surface area contributed by atoms with Crippen LogP contribution in [0, 0.1) is 0 Å². The van der Waals surface area contributed by atoms with E-state index in [9.17, 15) is 8.42 Å². The first-order chi connectivity index (χ1) is 12.5. The lowest BCUT2D eigenvalue weighted by Crippen LogP contribution is -2.49. The standard InChI is InChI=1S/C18H22ClN3O3S/c1-25-16-4-2-3-15(13-16)7-8-21-9-11-22(12-10-21)26(23,24)17-5-6-18(19)20-14-17/h2-6,13-14H,7-12H2,1H3. The molecule has 1 aromatic carbocycles. The fourth-order valence-corrected chi connectivity index (χ4v) is 4.45. The van der Waals surface area contributed by atoms with E-state index < -0.39 is 10.0 Å². The van der Waals surface area contributed by atoms with E-state index in [0.29, 0.717) is 26.2 Å². The van der Waals surface area contributed by atoms with E-state index in [-0.39, 0.29) is 10.0 Å². The van der Waals surface area contributed by atoms with Crippen molar-refractivity contribution in [3.05, 3.63) is 53.3 Å². The molecular formula is C18H22ClN3O3S. The van der Waals surface area contributed by atoms with Gasteiger partial charge in [0.25, 0.3) is 0 Å². The van der Waals surface area contributed by atoms with Gasteiger partial charge in [0.15, 0.2) is 0 Å². The number of rotatable bonds is 6. The van der Waals surface area contributed by atoms with Crippen LogP contribution in [0.2, 0.25) is 5.15 Å². The number of aromatic nitrogens is 1. The molecule has 0 aliphatic carbocycles. The van der Waals surface area contributed by atoms with Crippen molar-refractivity contribution in [2.45, 2.75) is 11.3 Å². The SMILES string of the molecule is COc1cccc(CCN2CCN(S(=O)(=O)c3ccc(Cl)nc3)CC2)c1. The minimum Gasteiger partial charge on any atom is -0.497 e. The number of ether oxygens (including phenoxy) is 1. The van der Waals surface area contributed by atoms with E-state index in [1.165, 1.54) is 28.2 Å². The first-order valence-electron chi connectivity index (χ1n) is 8.46. The smallest absolute Gasteiger partial charge is 0.244 e. The molecule has 1 aromatic heterocycles. The van der Waals surface area contributed by atoms with Crippen LogP contribution in [0.3, 0.4) is 0 Å². The third-order valence-corrected chi connectivity index (χ3v) is 6.63. The summed E-state index contributed by atoms with van der Waals surface area (Å²) in [4.78, 5) is 6.34. The maximum absolute atomic E-state index is 12.7. The van der Waals surface area contributed by atoms with Crippen molar-refractivity contribution in [1.29, 1.82) is 0 Å². The number of hydrogen-bond donors (Lipinski definition) is 0. The molecular weight excluding hydrogens is 374 g/mol. The predicted molar refractivity (Wildman–Crippen MR) is 101 cm³/mol. The number of nitrogens with zero attached hydrogens (tertiary/aromatic N) is 3. The van der Waals surface area contributed by atoms with Crippen LogP contribution in [0.4, 0.5) is 0 Å². The minimum absolute atomic E-state index is 0.187. The first kappa shape index (κ1) is 19.1. The first-order valence-corrected chi connectivity index (χ1v) is 10.3. The zero-order valence-corrected chi connectivity index (χ0v) is 16.2. The molecule has 140 valence electrons. The Kier molecular flexibility index (Phi) is 6.13. The molecule has 2 aromatic rings. The molecule has 1 saturated heterocycles. The maximum atomic E-state index is 12.7. The van der Waals surface area contributed by atoms with Gasteiger partial charge in [0.1, 0.15) is 15.8 Å². The molecule has 2 heterocycles. The Morgan fingerprint density at radius 1 is 1.15 bits per heavy atom. The van der Waals surface area contributed by atoms with E-state index in [1.807, 2.05) is 18.2 Å². The topological polar surface area (TPSA) is 62.7 Å². The third kappa shape index (κ3) is 4.54. The summed E-state index contributed by atoms with van der Waals surface area (Å²) in [5, 5.41) is 0.284. The Bertz CT molecular complexity index is 835. The van der Waals surface area contributed by atoms with Crippen molar-refractivity contribution in [3.63, 3.8) is 0 Å². The predicted octanol–water partition coefficient (Wildman–Crippen LogP) is 2.29. The second-order valence-electron chi connectivity index (χ2n) is 6.16. The molecule has 3 rings (SSSR count).